The van der Waals surface area contributed by atoms with Crippen molar-refractivity contribution in [3.63, 3.8) is 0 Å². The predicted molar refractivity (Wildman–Crippen MR) is 105 cm³/mol. The molecule has 0 aliphatic carbocycles. The second-order valence-electron chi connectivity index (χ2n) is 6.81. The lowest BCUT2D eigenvalue weighted by Crippen LogP contribution is -2.21. The van der Waals surface area contributed by atoms with Gasteiger partial charge in [0.2, 0.25) is 0 Å². The summed E-state index contributed by atoms with van der Waals surface area (Å²) in [6.45, 7) is 1.71. The Labute approximate surface area is 165 Å². The van der Waals surface area contributed by atoms with Gasteiger partial charge in [-0.2, -0.15) is 9.50 Å². The van der Waals surface area contributed by atoms with E-state index in [1.165, 1.54) is 6.20 Å². The fourth-order valence-electron chi connectivity index (χ4n) is 3.40. The first-order chi connectivity index (χ1) is 14.2. The minimum Gasteiger partial charge on any atom is -0.490 e. The van der Waals surface area contributed by atoms with Gasteiger partial charge in [-0.05, 0) is 30.7 Å². The van der Waals surface area contributed by atoms with E-state index in [0.29, 0.717) is 60.2 Å². The molecule has 1 N–H and O–H groups in total. The lowest BCUT2D eigenvalue weighted by atomic mass is 10.2. The van der Waals surface area contributed by atoms with Gasteiger partial charge in [-0.1, -0.05) is 0 Å². The average molecular weight is 393 g/mol. The molecule has 0 unspecified atom stereocenters. The van der Waals surface area contributed by atoms with Crippen LogP contribution >= 0.6 is 0 Å². The lowest BCUT2D eigenvalue weighted by Gasteiger charge is -2.07. The summed E-state index contributed by atoms with van der Waals surface area (Å²) in [5.41, 5.74) is 1.25. The first kappa shape index (κ1) is 17.6. The van der Waals surface area contributed by atoms with Crippen molar-refractivity contribution in [1.29, 1.82) is 0 Å². The molecular weight excluding hydrogens is 374 g/mol. The highest BCUT2D eigenvalue weighted by atomic mass is 16.5. The van der Waals surface area contributed by atoms with Gasteiger partial charge in [0, 0.05) is 37.5 Å². The number of aryl methyl sites for hydroxylation is 1. The van der Waals surface area contributed by atoms with E-state index in [1.54, 1.807) is 15.3 Å². The molecule has 4 aromatic rings. The molecule has 0 spiro atoms. The number of aliphatic hydroxyl groups excluding tert-OH is 1. The largest absolute Gasteiger partial charge is 0.490 e. The molecule has 9 heteroatoms. The topological polar surface area (TPSA) is 104 Å². The Kier molecular flexibility index (Phi) is 4.36. The molecule has 4 heterocycles. The normalized spacial score (nSPS) is 13.7. The van der Waals surface area contributed by atoms with Crippen molar-refractivity contribution in [2.24, 2.45) is 0 Å². The van der Waals surface area contributed by atoms with Crippen molar-refractivity contribution >= 4 is 16.7 Å². The first-order valence-corrected chi connectivity index (χ1v) is 9.50. The van der Waals surface area contributed by atoms with Gasteiger partial charge in [0.15, 0.2) is 17.3 Å². The third-order valence-electron chi connectivity index (χ3n) is 4.87. The summed E-state index contributed by atoms with van der Waals surface area (Å²) in [6.07, 6.45) is 4.57. The summed E-state index contributed by atoms with van der Waals surface area (Å²) in [7, 11) is 0. The Morgan fingerprint density at radius 1 is 1.14 bits per heavy atom. The lowest BCUT2D eigenvalue weighted by molar-refractivity contribution is 0.279. The number of rotatable bonds is 4. The minimum atomic E-state index is -0.169. The Bertz CT molecular complexity index is 1260. The average Bonchev–Trinajstić information content (AvgIpc) is 3.05. The number of fused-ring (bicyclic) bond motifs is 4. The monoisotopic (exact) mass is 393 g/mol. The van der Waals surface area contributed by atoms with Crippen LogP contribution in [0.1, 0.15) is 12.8 Å². The van der Waals surface area contributed by atoms with Gasteiger partial charge in [-0.25, -0.2) is 4.98 Å². The van der Waals surface area contributed by atoms with E-state index in [0.717, 1.165) is 12.0 Å². The number of aromatic nitrogens is 5. The molecule has 0 saturated carbocycles. The maximum absolute atomic E-state index is 12.7. The molecule has 0 atom stereocenters. The van der Waals surface area contributed by atoms with Crippen LogP contribution in [0, 0.1) is 0 Å². The number of hydrogen-bond acceptors (Lipinski definition) is 7. The third kappa shape index (κ3) is 3.09. The smallest absolute Gasteiger partial charge is 0.261 e. The van der Waals surface area contributed by atoms with Crippen molar-refractivity contribution in [2.75, 3.05) is 19.8 Å². The summed E-state index contributed by atoms with van der Waals surface area (Å²) >= 11 is 0. The highest BCUT2D eigenvalue weighted by Gasteiger charge is 2.16. The zero-order chi connectivity index (χ0) is 19.8. The predicted octanol–water partition coefficient (Wildman–Crippen LogP) is 1.65. The molecule has 9 nitrogen and oxygen atoms in total. The fourth-order valence-corrected chi connectivity index (χ4v) is 3.40. The van der Waals surface area contributed by atoms with E-state index in [1.807, 2.05) is 24.3 Å². The van der Waals surface area contributed by atoms with Crippen LogP contribution in [0.3, 0.4) is 0 Å². The summed E-state index contributed by atoms with van der Waals surface area (Å²) in [5.74, 6) is 2.28. The maximum Gasteiger partial charge on any atom is 0.261 e. The molecule has 3 aromatic heterocycles. The maximum atomic E-state index is 12.7. The van der Waals surface area contributed by atoms with E-state index < -0.39 is 0 Å². The Balaban J connectivity index is 1.60. The number of hydrogen-bond donors (Lipinski definition) is 1. The molecule has 1 aliphatic rings. The van der Waals surface area contributed by atoms with Gasteiger partial charge in [0.05, 0.1) is 24.1 Å². The van der Waals surface area contributed by atoms with E-state index in [9.17, 15) is 4.79 Å². The van der Waals surface area contributed by atoms with Crippen molar-refractivity contribution in [3.05, 3.63) is 47.0 Å². The molecule has 0 amide bonds. The molecule has 0 radical (unpaired) electrons. The molecule has 1 aliphatic heterocycles. The Hall–Kier alpha value is -3.46. The summed E-state index contributed by atoms with van der Waals surface area (Å²) in [5, 5.41) is 14.0. The SMILES string of the molecule is O=c1c2cnc3nc(-c4ccc5c(c4)OCCCO5)nn3c2ccn1CCCO. The first-order valence-electron chi connectivity index (χ1n) is 9.50. The number of nitrogens with zero attached hydrogens (tertiary/aromatic N) is 5. The summed E-state index contributed by atoms with van der Waals surface area (Å²) in [6, 6.07) is 7.41. The van der Waals surface area contributed by atoms with Gasteiger partial charge in [-0.15, -0.1) is 5.10 Å². The fraction of sp³-hybridized carbons (Fsp3) is 0.300. The quantitative estimate of drug-likeness (QED) is 0.562. The van der Waals surface area contributed by atoms with Gasteiger partial charge in [0.1, 0.15) is 0 Å². The molecule has 148 valence electrons. The minimum absolute atomic E-state index is 0.0315. The van der Waals surface area contributed by atoms with Crippen molar-refractivity contribution in [1.82, 2.24) is 24.1 Å². The van der Waals surface area contributed by atoms with Gasteiger partial charge >= 0.3 is 0 Å². The summed E-state index contributed by atoms with van der Waals surface area (Å²) < 4.78 is 14.6. The molecule has 1 aromatic carbocycles. The van der Waals surface area contributed by atoms with E-state index >= 15 is 0 Å². The second-order valence-corrected chi connectivity index (χ2v) is 6.81. The number of benzene rings is 1. The second kappa shape index (κ2) is 7.17. The van der Waals surface area contributed by atoms with Gasteiger partial charge < -0.3 is 19.1 Å². The van der Waals surface area contributed by atoms with Crippen molar-refractivity contribution in [3.8, 4) is 22.9 Å². The highest BCUT2D eigenvalue weighted by molar-refractivity contribution is 5.79. The van der Waals surface area contributed by atoms with Crippen LogP contribution in [0.2, 0.25) is 0 Å². The molecular formula is C20H19N5O4. The Morgan fingerprint density at radius 2 is 2.00 bits per heavy atom. The van der Waals surface area contributed by atoms with Crippen LogP contribution < -0.4 is 15.0 Å². The van der Waals surface area contributed by atoms with E-state index in [4.69, 9.17) is 14.6 Å². The van der Waals surface area contributed by atoms with Crippen LogP contribution in [-0.2, 0) is 6.54 Å². The third-order valence-corrected chi connectivity index (χ3v) is 4.87. The van der Waals surface area contributed by atoms with Crippen LogP contribution in [-0.4, -0.2) is 49.1 Å². The van der Waals surface area contributed by atoms with Crippen LogP contribution in [0.5, 0.6) is 11.5 Å². The number of ether oxygens (including phenoxy) is 2. The molecule has 0 bridgehead atoms. The van der Waals surface area contributed by atoms with Crippen LogP contribution in [0.4, 0.5) is 0 Å². The summed E-state index contributed by atoms with van der Waals surface area (Å²) in [4.78, 5) is 21.5. The van der Waals surface area contributed by atoms with E-state index in [2.05, 4.69) is 15.1 Å². The van der Waals surface area contributed by atoms with Crippen LogP contribution in [0.25, 0.3) is 28.1 Å². The standard InChI is InChI=1S/C20H19N5O4/c26-8-1-6-24-7-5-15-14(19(24)27)12-21-20-22-18(23-25(15)20)13-3-4-16-17(11-13)29-10-2-9-28-16/h3-5,7,11-12,26H,1-2,6,8-10H2. The molecule has 29 heavy (non-hydrogen) atoms. The Morgan fingerprint density at radius 3 is 2.86 bits per heavy atom. The highest BCUT2D eigenvalue weighted by Crippen LogP contribution is 2.33. The number of aliphatic hydroxyl groups is 1. The zero-order valence-corrected chi connectivity index (χ0v) is 15.6. The van der Waals surface area contributed by atoms with Gasteiger partial charge in [-0.3, -0.25) is 4.79 Å². The number of pyridine rings is 1. The van der Waals surface area contributed by atoms with Crippen molar-refractivity contribution in [2.45, 2.75) is 19.4 Å². The van der Waals surface area contributed by atoms with Gasteiger partial charge in [0.25, 0.3) is 11.3 Å². The molecule has 0 saturated heterocycles. The molecule has 0 fully saturated rings. The molecule has 5 rings (SSSR count). The zero-order valence-electron chi connectivity index (χ0n) is 15.6. The van der Waals surface area contributed by atoms with E-state index in [-0.39, 0.29) is 12.2 Å². The van der Waals surface area contributed by atoms with Crippen molar-refractivity contribution < 1.29 is 14.6 Å². The van der Waals surface area contributed by atoms with Crippen LogP contribution in [0.15, 0.2) is 41.5 Å².